The summed E-state index contributed by atoms with van der Waals surface area (Å²) >= 11 is 2.25. The first kappa shape index (κ1) is 13.1. The van der Waals surface area contributed by atoms with Crippen molar-refractivity contribution in [3.8, 4) is 6.07 Å². The predicted molar refractivity (Wildman–Crippen MR) is 72.8 cm³/mol. The van der Waals surface area contributed by atoms with Crippen LogP contribution in [0.25, 0.3) is 4.85 Å². The molecule has 19 heavy (non-hydrogen) atoms. The summed E-state index contributed by atoms with van der Waals surface area (Å²) in [5.41, 5.74) is 4.81. The normalized spacial score (nSPS) is 10.3. The van der Waals surface area contributed by atoms with E-state index in [0.29, 0.717) is 32.6 Å². The Kier molecular flexibility index (Phi) is 3.80. The zero-order valence-corrected chi connectivity index (χ0v) is 11.6. The molecule has 94 valence electrons. The van der Waals surface area contributed by atoms with Crippen LogP contribution >= 0.6 is 23.1 Å². The highest BCUT2D eigenvalue weighted by molar-refractivity contribution is 7.11. The molecule has 2 rings (SSSR count). The summed E-state index contributed by atoms with van der Waals surface area (Å²) in [6.45, 7) is 10.5. The third kappa shape index (κ3) is 2.57. The molecule has 0 spiro atoms. The Morgan fingerprint density at radius 2 is 2.05 bits per heavy atom. The number of anilines is 1. The minimum absolute atomic E-state index is 0.400. The number of aromatic nitrogens is 2. The van der Waals surface area contributed by atoms with E-state index in [-0.39, 0.29) is 0 Å². The maximum absolute atomic E-state index is 8.95. The van der Waals surface area contributed by atoms with Gasteiger partial charge in [-0.05, 0) is 36.9 Å². The zero-order valence-electron chi connectivity index (χ0n) is 10.00. The SMILES string of the molecule is [C-]#[N+]c1c(C)nsc1N=NNc1snc(C)c1C#N. The number of hydrogen-bond donors (Lipinski definition) is 1. The van der Waals surface area contributed by atoms with Crippen LogP contribution in [0.2, 0.25) is 0 Å². The Labute approximate surface area is 117 Å². The Hall–Kier alpha value is -2.36. The quantitative estimate of drug-likeness (QED) is 0.529. The standard InChI is InChI=1S/C10H7N7S2/c1-5-7(4-11)9(18-15-5)13-17-14-10-8(12-3)6(2)16-19-10/h1-2H3,(H,13,14). The van der Waals surface area contributed by atoms with Gasteiger partial charge < -0.3 is 0 Å². The molecule has 2 aromatic rings. The third-order valence-electron chi connectivity index (χ3n) is 2.19. The summed E-state index contributed by atoms with van der Waals surface area (Å²) in [6, 6.07) is 2.04. The molecule has 0 aliphatic carbocycles. The van der Waals surface area contributed by atoms with Gasteiger partial charge in [-0.15, -0.1) is 5.11 Å². The van der Waals surface area contributed by atoms with E-state index < -0.39 is 0 Å². The van der Waals surface area contributed by atoms with Gasteiger partial charge in [-0.3, -0.25) is 0 Å². The van der Waals surface area contributed by atoms with Crippen molar-refractivity contribution in [3.05, 3.63) is 28.4 Å². The molecule has 0 amide bonds. The van der Waals surface area contributed by atoms with Crippen LogP contribution in [0.3, 0.4) is 0 Å². The van der Waals surface area contributed by atoms with Crippen LogP contribution in [0, 0.1) is 31.8 Å². The maximum Gasteiger partial charge on any atom is 0.247 e. The van der Waals surface area contributed by atoms with E-state index in [2.05, 4.69) is 29.4 Å². The molecule has 2 aromatic heterocycles. The van der Waals surface area contributed by atoms with Crippen molar-refractivity contribution in [1.29, 1.82) is 5.26 Å². The Morgan fingerprint density at radius 3 is 2.74 bits per heavy atom. The molecule has 0 aliphatic rings. The van der Waals surface area contributed by atoms with E-state index in [1.165, 1.54) is 0 Å². The summed E-state index contributed by atoms with van der Waals surface area (Å²) in [7, 11) is 0. The minimum atomic E-state index is 0.400. The lowest BCUT2D eigenvalue weighted by atomic mass is 10.3. The van der Waals surface area contributed by atoms with Crippen LogP contribution in [0.5, 0.6) is 0 Å². The lowest BCUT2D eigenvalue weighted by Crippen LogP contribution is -1.86. The van der Waals surface area contributed by atoms with E-state index in [1.54, 1.807) is 13.8 Å². The van der Waals surface area contributed by atoms with Crippen molar-refractivity contribution in [1.82, 2.24) is 8.75 Å². The average molecular weight is 289 g/mol. The van der Waals surface area contributed by atoms with E-state index in [4.69, 9.17) is 11.8 Å². The van der Waals surface area contributed by atoms with Gasteiger partial charge in [0, 0.05) is 0 Å². The molecule has 0 atom stereocenters. The number of hydrogen-bond acceptors (Lipinski definition) is 7. The van der Waals surface area contributed by atoms with Crippen LogP contribution < -0.4 is 5.43 Å². The van der Waals surface area contributed by atoms with Gasteiger partial charge >= 0.3 is 0 Å². The highest BCUT2D eigenvalue weighted by atomic mass is 32.1. The van der Waals surface area contributed by atoms with Gasteiger partial charge in [0.25, 0.3) is 0 Å². The van der Waals surface area contributed by atoms with E-state index in [1.807, 2.05) is 6.07 Å². The number of aryl methyl sites for hydroxylation is 2. The monoisotopic (exact) mass is 289 g/mol. The van der Waals surface area contributed by atoms with E-state index >= 15 is 0 Å². The molecular formula is C10H7N7S2. The fraction of sp³-hybridized carbons (Fsp3) is 0.200. The predicted octanol–water partition coefficient (Wildman–Crippen LogP) is 3.75. The fourth-order valence-corrected chi connectivity index (χ4v) is 2.59. The van der Waals surface area contributed by atoms with Crippen LogP contribution in [0.4, 0.5) is 15.7 Å². The number of nitrogens with one attached hydrogen (secondary N) is 1. The second-order valence-electron chi connectivity index (χ2n) is 3.43. The van der Waals surface area contributed by atoms with Crippen molar-refractivity contribution in [2.24, 2.45) is 10.3 Å². The van der Waals surface area contributed by atoms with Crippen molar-refractivity contribution < 1.29 is 0 Å². The van der Waals surface area contributed by atoms with Crippen molar-refractivity contribution in [2.45, 2.75) is 13.8 Å². The van der Waals surface area contributed by atoms with Crippen LogP contribution in [0.1, 0.15) is 17.0 Å². The largest absolute Gasteiger partial charge is 0.247 e. The number of rotatable bonds is 3. The van der Waals surface area contributed by atoms with E-state index in [9.17, 15) is 0 Å². The Morgan fingerprint density at radius 1 is 1.32 bits per heavy atom. The Balaban J connectivity index is 2.17. The van der Waals surface area contributed by atoms with Crippen LogP contribution in [0.15, 0.2) is 10.3 Å². The molecule has 0 saturated heterocycles. The molecule has 2 heterocycles. The highest BCUT2D eigenvalue weighted by Gasteiger charge is 2.11. The molecule has 0 bridgehead atoms. The first-order chi connectivity index (χ1) is 9.17. The average Bonchev–Trinajstić information content (AvgIpc) is 2.93. The molecular weight excluding hydrogens is 282 g/mol. The van der Waals surface area contributed by atoms with Crippen molar-refractivity contribution in [2.75, 3.05) is 5.43 Å². The molecule has 0 aliphatic heterocycles. The first-order valence-electron chi connectivity index (χ1n) is 5.04. The Bertz CT molecular complexity index is 713. The topological polar surface area (TPSA) is 90.7 Å². The molecule has 1 N–H and O–H groups in total. The van der Waals surface area contributed by atoms with Crippen molar-refractivity contribution in [3.63, 3.8) is 0 Å². The van der Waals surface area contributed by atoms with Gasteiger partial charge in [0.05, 0.1) is 18.0 Å². The maximum atomic E-state index is 8.95. The van der Waals surface area contributed by atoms with Crippen molar-refractivity contribution >= 4 is 38.8 Å². The lowest BCUT2D eigenvalue weighted by Gasteiger charge is -1.93. The second kappa shape index (κ2) is 5.52. The number of nitrogens with zero attached hydrogens (tertiary/aromatic N) is 6. The second-order valence-corrected chi connectivity index (χ2v) is 4.95. The summed E-state index contributed by atoms with van der Waals surface area (Å²) in [5, 5.41) is 17.6. The molecule has 0 unspecified atom stereocenters. The molecule has 0 aromatic carbocycles. The molecule has 0 radical (unpaired) electrons. The lowest BCUT2D eigenvalue weighted by molar-refractivity contribution is 1.15. The number of nitriles is 1. The summed E-state index contributed by atoms with van der Waals surface area (Å²) in [5.74, 6) is 0. The van der Waals surface area contributed by atoms with Gasteiger partial charge in [0.1, 0.15) is 16.6 Å². The van der Waals surface area contributed by atoms with Gasteiger partial charge in [-0.2, -0.15) is 9.64 Å². The summed E-state index contributed by atoms with van der Waals surface area (Å²) in [6.07, 6.45) is 0. The van der Waals surface area contributed by atoms with Gasteiger partial charge in [-0.1, -0.05) is 5.22 Å². The van der Waals surface area contributed by atoms with Gasteiger partial charge in [0.15, 0.2) is 5.00 Å². The summed E-state index contributed by atoms with van der Waals surface area (Å²) < 4.78 is 8.08. The molecule has 7 nitrogen and oxygen atoms in total. The first-order valence-corrected chi connectivity index (χ1v) is 6.59. The summed E-state index contributed by atoms with van der Waals surface area (Å²) in [4.78, 5) is 3.35. The van der Waals surface area contributed by atoms with Crippen LogP contribution in [-0.4, -0.2) is 8.75 Å². The fourth-order valence-electron chi connectivity index (χ4n) is 1.24. The van der Waals surface area contributed by atoms with Gasteiger partial charge in [0.2, 0.25) is 5.69 Å². The molecule has 0 fully saturated rings. The minimum Gasteiger partial charge on any atom is -0.247 e. The third-order valence-corrected chi connectivity index (χ3v) is 3.85. The molecule has 9 heteroatoms. The molecule has 0 saturated carbocycles. The highest BCUT2D eigenvalue weighted by Crippen LogP contribution is 2.35. The van der Waals surface area contributed by atoms with Crippen LogP contribution in [-0.2, 0) is 0 Å². The zero-order chi connectivity index (χ0) is 13.8. The smallest absolute Gasteiger partial charge is 0.247 e. The van der Waals surface area contributed by atoms with Gasteiger partial charge in [-0.25, -0.2) is 14.6 Å². The van der Waals surface area contributed by atoms with E-state index in [0.717, 1.165) is 23.1 Å².